The molecule has 0 amide bonds. The highest BCUT2D eigenvalue weighted by molar-refractivity contribution is 6.31. The molecule has 1 aromatic heterocycles. The van der Waals surface area contributed by atoms with Gasteiger partial charge in [-0.1, -0.05) is 18.5 Å². The molecule has 1 aliphatic rings. The van der Waals surface area contributed by atoms with E-state index in [1.807, 2.05) is 6.07 Å². The van der Waals surface area contributed by atoms with Crippen molar-refractivity contribution in [3.05, 3.63) is 34.5 Å². The van der Waals surface area contributed by atoms with E-state index in [0.29, 0.717) is 6.04 Å². The molecule has 17 heavy (non-hydrogen) atoms. The molecule has 0 saturated heterocycles. The molecule has 0 fully saturated rings. The van der Waals surface area contributed by atoms with Crippen molar-refractivity contribution >= 4 is 22.5 Å². The van der Waals surface area contributed by atoms with Crippen molar-refractivity contribution in [3.63, 3.8) is 0 Å². The fraction of sp³-hybridized carbons (Fsp3) is 0.429. The minimum Gasteiger partial charge on any atom is -0.358 e. The van der Waals surface area contributed by atoms with Gasteiger partial charge >= 0.3 is 0 Å². The molecule has 1 unspecified atom stereocenters. The number of hydrogen-bond donors (Lipinski definition) is 2. The number of H-pyrrole nitrogens is 1. The largest absolute Gasteiger partial charge is 0.358 e. The zero-order valence-electron chi connectivity index (χ0n) is 10.0. The molecule has 2 N–H and O–H groups in total. The highest BCUT2D eigenvalue weighted by Crippen LogP contribution is 2.37. The lowest BCUT2D eigenvalue weighted by molar-refractivity contribution is 0.531. The number of aryl methyl sites for hydroxylation is 1. The van der Waals surface area contributed by atoms with Crippen molar-refractivity contribution in [3.8, 4) is 0 Å². The van der Waals surface area contributed by atoms with Crippen LogP contribution in [0, 0.1) is 0 Å². The Hall–Kier alpha value is -0.990. The first-order chi connectivity index (χ1) is 8.29. The predicted molar refractivity (Wildman–Crippen MR) is 72.7 cm³/mol. The van der Waals surface area contributed by atoms with Crippen molar-refractivity contribution < 1.29 is 0 Å². The third kappa shape index (κ3) is 1.85. The van der Waals surface area contributed by atoms with E-state index < -0.39 is 0 Å². The lowest BCUT2D eigenvalue weighted by Crippen LogP contribution is -2.19. The average molecular weight is 249 g/mol. The molecule has 1 atom stereocenters. The van der Waals surface area contributed by atoms with Gasteiger partial charge in [0.15, 0.2) is 0 Å². The lowest BCUT2D eigenvalue weighted by atomic mass is 10.1. The molecule has 3 heteroatoms. The first kappa shape index (κ1) is 11.1. The summed E-state index contributed by atoms with van der Waals surface area (Å²) in [7, 11) is 0. The zero-order chi connectivity index (χ0) is 11.8. The van der Waals surface area contributed by atoms with Gasteiger partial charge in [-0.15, -0.1) is 0 Å². The Bertz CT molecular complexity index is 544. The van der Waals surface area contributed by atoms with Crippen LogP contribution in [0.3, 0.4) is 0 Å². The van der Waals surface area contributed by atoms with Gasteiger partial charge in [-0.05, 0) is 49.6 Å². The molecule has 3 rings (SSSR count). The Balaban J connectivity index is 2.05. The van der Waals surface area contributed by atoms with Crippen LogP contribution in [-0.2, 0) is 6.42 Å². The SMILES string of the molecule is CCCNC1CCc2[nH]c3ccc(Cl)cc3c21. The second kappa shape index (κ2) is 4.35. The van der Waals surface area contributed by atoms with E-state index in [2.05, 4.69) is 29.4 Å². The monoisotopic (exact) mass is 248 g/mol. The van der Waals surface area contributed by atoms with Crippen LogP contribution < -0.4 is 5.32 Å². The van der Waals surface area contributed by atoms with Crippen molar-refractivity contribution in [1.29, 1.82) is 0 Å². The molecule has 0 spiro atoms. The van der Waals surface area contributed by atoms with Gasteiger partial charge in [0.25, 0.3) is 0 Å². The van der Waals surface area contributed by atoms with Crippen LogP contribution in [0.2, 0.25) is 5.02 Å². The number of aromatic nitrogens is 1. The van der Waals surface area contributed by atoms with Gasteiger partial charge in [-0.25, -0.2) is 0 Å². The van der Waals surface area contributed by atoms with Gasteiger partial charge in [0.05, 0.1) is 0 Å². The maximum Gasteiger partial charge on any atom is 0.0460 e. The average Bonchev–Trinajstić information content (AvgIpc) is 2.86. The van der Waals surface area contributed by atoms with E-state index in [1.165, 1.54) is 35.0 Å². The Morgan fingerprint density at radius 2 is 2.35 bits per heavy atom. The number of hydrogen-bond acceptors (Lipinski definition) is 1. The Morgan fingerprint density at radius 1 is 1.47 bits per heavy atom. The number of rotatable bonds is 3. The van der Waals surface area contributed by atoms with Crippen LogP contribution in [0.1, 0.15) is 37.1 Å². The molecule has 0 saturated carbocycles. The van der Waals surface area contributed by atoms with Gasteiger partial charge in [-0.3, -0.25) is 0 Å². The molecule has 0 aliphatic heterocycles. The smallest absolute Gasteiger partial charge is 0.0460 e. The summed E-state index contributed by atoms with van der Waals surface area (Å²) in [6.45, 7) is 3.28. The minimum absolute atomic E-state index is 0.497. The van der Waals surface area contributed by atoms with Gasteiger partial charge in [0.2, 0.25) is 0 Å². The van der Waals surface area contributed by atoms with E-state index in [9.17, 15) is 0 Å². The third-order valence-electron chi connectivity index (χ3n) is 3.55. The van der Waals surface area contributed by atoms with E-state index in [-0.39, 0.29) is 0 Å². The normalized spacial score (nSPS) is 18.8. The Labute approximate surface area is 106 Å². The highest BCUT2D eigenvalue weighted by atomic mass is 35.5. The summed E-state index contributed by atoms with van der Waals surface area (Å²) in [5.74, 6) is 0. The summed E-state index contributed by atoms with van der Waals surface area (Å²) >= 11 is 6.10. The third-order valence-corrected chi connectivity index (χ3v) is 3.79. The molecule has 2 nitrogen and oxygen atoms in total. The van der Waals surface area contributed by atoms with Crippen LogP contribution in [-0.4, -0.2) is 11.5 Å². The summed E-state index contributed by atoms with van der Waals surface area (Å²) in [5.41, 5.74) is 4.04. The lowest BCUT2D eigenvalue weighted by Gasteiger charge is -2.12. The van der Waals surface area contributed by atoms with Crippen LogP contribution >= 0.6 is 11.6 Å². The zero-order valence-corrected chi connectivity index (χ0v) is 10.8. The fourth-order valence-electron chi connectivity index (χ4n) is 2.79. The molecule has 1 aromatic carbocycles. The number of fused-ring (bicyclic) bond motifs is 3. The maximum atomic E-state index is 6.10. The molecular formula is C14H17ClN2. The fourth-order valence-corrected chi connectivity index (χ4v) is 2.96. The highest BCUT2D eigenvalue weighted by Gasteiger charge is 2.26. The van der Waals surface area contributed by atoms with Gasteiger partial charge < -0.3 is 10.3 Å². The van der Waals surface area contributed by atoms with Gasteiger partial charge in [-0.2, -0.15) is 0 Å². The quantitative estimate of drug-likeness (QED) is 0.850. The van der Waals surface area contributed by atoms with Gasteiger partial charge in [0.1, 0.15) is 0 Å². The molecule has 1 heterocycles. The molecule has 0 bridgehead atoms. The van der Waals surface area contributed by atoms with Crippen molar-refractivity contribution in [2.45, 2.75) is 32.2 Å². The van der Waals surface area contributed by atoms with E-state index in [4.69, 9.17) is 11.6 Å². The topological polar surface area (TPSA) is 27.8 Å². The number of nitrogens with one attached hydrogen (secondary N) is 2. The van der Waals surface area contributed by atoms with Crippen LogP contribution in [0.4, 0.5) is 0 Å². The summed E-state index contributed by atoms with van der Waals surface area (Å²) in [5, 5.41) is 5.73. The van der Waals surface area contributed by atoms with Crippen LogP contribution in [0.5, 0.6) is 0 Å². The summed E-state index contributed by atoms with van der Waals surface area (Å²) in [6.07, 6.45) is 3.52. The molecule has 1 aliphatic carbocycles. The van der Waals surface area contributed by atoms with Crippen molar-refractivity contribution in [2.75, 3.05) is 6.54 Å². The number of aromatic amines is 1. The molecule has 0 radical (unpaired) electrons. The Kier molecular flexibility index (Phi) is 2.85. The molecule has 2 aromatic rings. The second-order valence-corrected chi connectivity index (χ2v) is 5.19. The standard InChI is InChI=1S/C14H17ClN2/c1-2-7-16-12-5-6-13-14(12)10-8-9(15)3-4-11(10)17-13/h3-4,8,12,16-17H,2,5-7H2,1H3. The first-order valence-electron chi connectivity index (χ1n) is 6.33. The van der Waals surface area contributed by atoms with Crippen LogP contribution in [0.25, 0.3) is 10.9 Å². The number of benzene rings is 1. The molecule has 90 valence electrons. The maximum absolute atomic E-state index is 6.10. The summed E-state index contributed by atoms with van der Waals surface area (Å²) in [4.78, 5) is 3.51. The summed E-state index contributed by atoms with van der Waals surface area (Å²) in [6, 6.07) is 6.60. The molecular weight excluding hydrogens is 232 g/mol. The second-order valence-electron chi connectivity index (χ2n) is 4.75. The van der Waals surface area contributed by atoms with Crippen LogP contribution in [0.15, 0.2) is 18.2 Å². The summed E-state index contributed by atoms with van der Waals surface area (Å²) < 4.78 is 0. The minimum atomic E-state index is 0.497. The van der Waals surface area contributed by atoms with Gasteiger partial charge in [0, 0.05) is 27.7 Å². The van der Waals surface area contributed by atoms with Crippen molar-refractivity contribution in [2.24, 2.45) is 0 Å². The Morgan fingerprint density at radius 3 is 3.18 bits per heavy atom. The van der Waals surface area contributed by atoms with E-state index in [0.717, 1.165) is 18.0 Å². The number of halogens is 1. The predicted octanol–water partition coefficient (Wildman–Crippen LogP) is 3.81. The van der Waals surface area contributed by atoms with Crippen molar-refractivity contribution in [1.82, 2.24) is 10.3 Å². The van der Waals surface area contributed by atoms with E-state index in [1.54, 1.807) is 0 Å². The van der Waals surface area contributed by atoms with E-state index >= 15 is 0 Å². The first-order valence-corrected chi connectivity index (χ1v) is 6.70.